The van der Waals surface area contributed by atoms with Crippen molar-refractivity contribution in [2.45, 2.75) is 70.1 Å². The Morgan fingerprint density at radius 2 is 1.88 bits per heavy atom. The van der Waals surface area contributed by atoms with Crippen LogP contribution >= 0.6 is 11.8 Å². The number of carbonyl (C=O) groups excluding carboxylic acids is 1. The molecule has 0 aromatic carbocycles. The second-order valence-electron chi connectivity index (χ2n) is 4.80. The summed E-state index contributed by atoms with van der Waals surface area (Å²) in [5.41, 5.74) is 0. The zero-order valence-electron chi connectivity index (χ0n) is 10.5. The number of thioether (sulfide) groups is 1. The summed E-state index contributed by atoms with van der Waals surface area (Å²) in [6.07, 6.45) is 8.16. The minimum Gasteiger partial charge on any atom is -0.463 e. The lowest BCUT2D eigenvalue weighted by atomic mass is 10.1. The highest BCUT2D eigenvalue weighted by Gasteiger charge is 2.20. The smallest absolute Gasteiger partial charge is 0.306 e. The van der Waals surface area contributed by atoms with E-state index < -0.39 is 0 Å². The van der Waals surface area contributed by atoms with Gasteiger partial charge in [-0.1, -0.05) is 25.7 Å². The van der Waals surface area contributed by atoms with Gasteiger partial charge in [-0.15, -0.1) is 0 Å². The molecular weight excluding hydrogens is 220 g/mol. The molecule has 1 saturated heterocycles. The summed E-state index contributed by atoms with van der Waals surface area (Å²) in [6, 6.07) is 0. The second-order valence-corrected chi connectivity index (χ2v) is 6.13. The lowest BCUT2D eigenvalue weighted by Gasteiger charge is -2.07. The largest absolute Gasteiger partial charge is 0.463 e. The van der Waals surface area contributed by atoms with Crippen LogP contribution in [0.5, 0.6) is 0 Å². The third-order valence-corrected chi connectivity index (χ3v) is 3.72. The van der Waals surface area contributed by atoms with Gasteiger partial charge in [0.1, 0.15) is 0 Å². The highest BCUT2D eigenvalue weighted by atomic mass is 32.2. The van der Waals surface area contributed by atoms with Gasteiger partial charge in [-0.25, -0.2) is 0 Å². The van der Waals surface area contributed by atoms with Gasteiger partial charge in [0, 0.05) is 17.4 Å². The first kappa shape index (κ1) is 13.9. The Kier molecular flexibility index (Phi) is 6.93. The Morgan fingerprint density at radius 1 is 1.25 bits per heavy atom. The maximum absolute atomic E-state index is 11.2. The Labute approximate surface area is 104 Å². The summed E-state index contributed by atoms with van der Waals surface area (Å²) < 4.78 is 5.08. The van der Waals surface area contributed by atoms with E-state index in [1.54, 1.807) is 0 Å². The standard InChI is InChI=1S/C13H24O2S/c1-11(2)15-13(14)9-7-5-3-4-6-8-12-10-16-12/h11-12H,3-10H2,1-2H3. The fourth-order valence-electron chi connectivity index (χ4n) is 1.73. The first-order chi connectivity index (χ1) is 7.68. The number of hydrogen-bond acceptors (Lipinski definition) is 3. The van der Waals surface area contributed by atoms with Crippen molar-refractivity contribution in [2.24, 2.45) is 0 Å². The molecule has 0 amide bonds. The predicted molar refractivity (Wildman–Crippen MR) is 69.8 cm³/mol. The minimum absolute atomic E-state index is 0.0311. The van der Waals surface area contributed by atoms with Crippen molar-refractivity contribution in [2.75, 3.05) is 5.75 Å². The molecule has 2 nitrogen and oxygen atoms in total. The Morgan fingerprint density at radius 3 is 2.50 bits per heavy atom. The third-order valence-electron chi connectivity index (χ3n) is 2.68. The summed E-state index contributed by atoms with van der Waals surface area (Å²) in [7, 11) is 0. The monoisotopic (exact) mass is 244 g/mol. The molecule has 0 bridgehead atoms. The van der Waals surface area contributed by atoms with Crippen LogP contribution < -0.4 is 0 Å². The maximum atomic E-state index is 11.2. The Balaban J connectivity index is 1.77. The zero-order chi connectivity index (χ0) is 11.8. The van der Waals surface area contributed by atoms with Crippen molar-refractivity contribution in [1.82, 2.24) is 0 Å². The van der Waals surface area contributed by atoms with E-state index in [1.165, 1.54) is 37.9 Å². The molecule has 1 heterocycles. The molecule has 0 N–H and O–H groups in total. The molecule has 0 spiro atoms. The van der Waals surface area contributed by atoms with Crippen LogP contribution in [0.15, 0.2) is 0 Å². The highest BCUT2D eigenvalue weighted by Crippen LogP contribution is 2.34. The lowest BCUT2D eigenvalue weighted by molar-refractivity contribution is -0.147. The van der Waals surface area contributed by atoms with Gasteiger partial charge < -0.3 is 4.74 Å². The summed E-state index contributed by atoms with van der Waals surface area (Å²) >= 11 is 2.08. The molecule has 1 aliphatic heterocycles. The molecule has 0 aromatic rings. The normalized spacial score (nSPS) is 18.8. The molecule has 3 heteroatoms. The summed E-state index contributed by atoms with van der Waals surface area (Å²) in [4.78, 5) is 11.2. The molecule has 1 rings (SSSR count). The van der Waals surface area contributed by atoms with Gasteiger partial charge >= 0.3 is 5.97 Å². The molecule has 0 radical (unpaired) electrons. The van der Waals surface area contributed by atoms with E-state index in [2.05, 4.69) is 11.8 Å². The van der Waals surface area contributed by atoms with Crippen LogP contribution in [-0.4, -0.2) is 23.1 Å². The van der Waals surface area contributed by atoms with Crippen LogP contribution in [0, 0.1) is 0 Å². The number of hydrogen-bond donors (Lipinski definition) is 0. The van der Waals surface area contributed by atoms with Crippen molar-refractivity contribution >= 4 is 17.7 Å². The van der Waals surface area contributed by atoms with E-state index in [0.29, 0.717) is 6.42 Å². The SMILES string of the molecule is CC(C)OC(=O)CCCCCCCC1CS1. The number of rotatable bonds is 9. The average molecular weight is 244 g/mol. The number of ether oxygens (including phenoxy) is 1. The first-order valence-electron chi connectivity index (χ1n) is 6.49. The molecule has 0 aliphatic carbocycles. The van der Waals surface area contributed by atoms with E-state index in [0.717, 1.165) is 11.7 Å². The molecular formula is C13H24O2S. The fraction of sp³-hybridized carbons (Fsp3) is 0.923. The van der Waals surface area contributed by atoms with Crippen molar-refractivity contribution in [3.05, 3.63) is 0 Å². The van der Waals surface area contributed by atoms with E-state index in [9.17, 15) is 4.79 Å². The molecule has 1 fully saturated rings. The summed E-state index contributed by atoms with van der Waals surface area (Å²) in [5.74, 6) is 1.35. The van der Waals surface area contributed by atoms with Gasteiger partial charge in [0.25, 0.3) is 0 Å². The van der Waals surface area contributed by atoms with Crippen molar-refractivity contribution < 1.29 is 9.53 Å². The van der Waals surface area contributed by atoms with Crippen LogP contribution in [-0.2, 0) is 9.53 Å². The van der Waals surface area contributed by atoms with Gasteiger partial charge in [-0.05, 0) is 26.7 Å². The van der Waals surface area contributed by atoms with Crippen molar-refractivity contribution in [1.29, 1.82) is 0 Å². The van der Waals surface area contributed by atoms with E-state index in [1.807, 2.05) is 13.8 Å². The zero-order valence-corrected chi connectivity index (χ0v) is 11.4. The quantitative estimate of drug-likeness (QED) is 0.351. The maximum Gasteiger partial charge on any atom is 0.306 e. The van der Waals surface area contributed by atoms with Crippen LogP contribution in [0.1, 0.15) is 58.8 Å². The minimum atomic E-state index is -0.0376. The molecule has 0 aromatic heterocycles. The van der Waals surface area contributed by atoms with Crippen molar-refractivity contribution in [3.63, 3.8) is 0 Å². The molecule has 1 atom stereocenters. The number of esters is 1. The molecule has 0 saturated carbocycles. The lowest BCUT2D eigenvalue weighted by Crippen LogP contribution is -2.10. The fourth-order valence-corrected chi connectivity index (χ4v) is 2.36. The van der Waals surface area contributed by atoms with Crippen LogP contribution in [0.2, 0.25) is 0 Å². The van der Waals surface area contributed by atoms with Crippen LogP contribution in [0.25, 0.3) is 0 Å². The topological polar surface area (TPSA) is 26.3 Å². The molecule has 16 heavy (non-hydrogen) atoms. The van der Waals surface area contributed by atoms with E-state index in [-0.39, 0.29) is 12.1 Å². The molecule has 1 aliphatic rings. The number of carbonyl (C=O) groups is 1. The Bertz CT molecular complexity index is 200. The van der Waals surface area contributed by atoms with Gasteiger partial charge in [0.2, 0.25) is 0 Å². The van der Waals surface area contributed by atoms with Crippen LogP contribution in [0.3, 0.4) is 0 Å². The van der Waals surface area contributed by atoms with Gasteiger partial charge in [-0.3, -0.25) is 4.79 Å². The average Bonchev–Trinajstić information content (AvgIpc) is 2.99. The highest BCUT2D eigenvalue weighted by molar-refractivity contribution is 8.06. The van der Waals surface area contributed by atoms with Gasteiger partial charge in [-0.2, -0.15) is 11.8 Å². The third kappa shape index (κ3) is 8.03. The summed E-state index contributed by atoms with van der Waals surface area (Å²) in [6.45, 7) is 3.79. The van der Waals surface area contributed by atoms with E-state index in [4.69, 9.17) is 4.74 Å². The summed E-state index contributed by atoms with van der Waals surface area (Å²) in [5, 5.41) is 0.987. The Hall–Kier alpha value is -0.180. The second kappa shape index (κ2) is 7.99. The predicted octanol–water partition coefficient (Wildman–Crippen LogP) is 3.78. The molecule has 1 unspecified atom stereocenters. The van der Waals surface area contributed by atoms with Crippen molar-refractivity contribution in [3.8, 4) is 0 Å². The van der Waals surface area contributed by atoms with E-state index >= 15 is 0 Å². The van der Waals surface area contributed by atoms with Gasteiger partial charge in [0.05, 0.1) is 6.10 Å². The first-order valence-corrected chi connectivity index (χ1v) is 7.54. The number of unbranched alkanes of at least 4 members (excludes halogenated alkanes) is 4. The van der Waals surface area contributed by atoms with Gasteiger partial charge in [0.15, 0.2) is 0 Å². The van der Waals surface area contributed by atoms with Crippen LogP contribution in [0.4, 0.5) is 0 Å². The molecule has 94 valence electrons.